The minimum atomic E-state index is -4.55. The van der Waals surface area contributed by atoms with Crippen molar-refractivity contribution in [3.63, 3.8) is 0 Å². The zero-order valence-electron chi connectivity index (χ0n) is 4.94. The SMILES string of the molecule is Nc1noc(C(F)(F)F)c1Br. The van der Waals surface area contributed by atoms with Gasteiger partial charge < -0.3 is 10.3 Å². The zero-order chi connectivity index (χ0) is 8.65. The highest BCUT2D eigenvalue weighted by Gasteiger charge is 2.39. The molecular weight excluding hydrogens is 229 g/mol. The molecule has 0 aliphatic rings. The van der Waals surface area contributed by atoms with E-state index in [1.807, 2.05) is 0 Å². The predicted octanol–water partition coefficient (Wildman–Crippen LogP) is 2.04. The highest BCUT2D eigenvalue weighted by Crippen LogP contribution is 2.37. The van der Waals surface area contributed by atoms with E-state index in [9.17, 15) is 13.2 Å². The Labute approximate surface area is 67.5 Å². The number of hydrogen-bond donors (Lipinski definition) is 1. The number of nitrogens with zero attached hydrogens (tertiary/aromatic N) is 1. The van der Waals surface area contributed by atoms with Crippen LogP contribution in [0, 0.1) is 0 Å². The molecule has 0 radical (unpaired) electrons. The number of hydrogen-bond acceptors (Lipinski definition) is 3. The molecule has 0 spiro atoms. The first-order valence-electron chi connectivity index (χ1n) is 2.40. The largest absolute Gasteiger partial charge is 0.453 e. The maximum atomic E-state index is 11.8. The fourth-order valence-electron chi connectivity index (χ4n) is 0.467. The predicted molar refractivity (Wildman–Crippen MR) is 33.6 cm³/mol. The van der Waals surface area contributed by atoms with Crippen LogP contribution in [0.15, 0.2) is 9.00 Å². The van der Waals surface area contributed by atoms with Gasteiger partial charge in [0.25, 0.3) is 5.76 Å². The van der Waals surface area contributed by atoms with E-state index in [0.717, 1.165) is 0 Å². The topological polar surface area (TPSA) is 52.0 Å². The highest BCUT2D eigenvalue weighted by molar-refractivity contribution is 9.10. The van der Waals surface area contributed by atoms with Crippen LogP contribution in [0.5, 0.6) is 0 Å². The van der Waals surface area contributed by atoms with Crippen molar-refractivity contribution in [3.05, 3.63) is 10.2 Å². The van der Waals surface area contributed by atoms with Gasteiger partial charge in [0.05, 0.1) is 0 Å². The molecule has 7 heteroatoms. The molecule has 1 rings (SSSR count). The van der Waals surface area contributed by atoms with Crippen molar-refractivity contribution >= 4 is 21.7 Å². The van der Waals surface area contributed by atoms with Crippen molar-refractivity contribution in [1.82, 2.24) is 5.16 Å². The van der Waals surface area contributed by atoms with Gasteiger partial charge in [-0.1, -0.05) is 5.16 Å². The molecule has 0 aliphatic carbocycles. The van der Waals surface area contributed by atoms with Crippen LogP contribution in [0.1, 0.15) is 5.76 Å². The number of nitrogens with two attached hydrogens (primary N) is 1. The average molecular weight is 231 g/mol. The molecule has 0 saturated carbocycles. The van der Waals surface area contributed by atoms with E-state index in [0.29, 0.717) is 0 Å². The van der Waals surface area contributed by atoms with Gasteiger partial charge in [-0.3, -0.25) is 0 Å². The van der Waals surface area contributed by atoms with E-state index in [2.05, 4.69) is 25.6 Å². The second-order valence-corrected chi connectivity index (χ2v) is 2.50. The van der Waals surface area contributed by atoms with Gasteiger partial charge in [-0.25, -0.2) is 0 Å². The third kappa shape index (κ3) is 1.47. The quantitative estimate of drug-likeness (QED) is 0.743. The van der Waals surface area contributed by atoms with Crippen LogP contribution in [0.3, 0.4) is 0 Å². The zero-order valence-corrected chi connectivity index (χ0v) is 6.53. The number of alkyl halides is 3. The van der Waals surface area contributed by atoms with Gasteiger partial charge in [-0.15, -0.1) is 0 Å². The van der Waals surface area contributed by atoms with Crippen molar-refractivity contribution in [1.29, 1.82) is 0 Å². The van der Waals surface area contributed by atoms with Crippen molar-refractivity contribution in [2.24, 2.45) is 0 Å². The Hall–Kier alpha value is -0.720. The molecule has 0 aromatic carbocycles. The summed E-state index contributed by atoms with van der Waals surface area (Å²) in [6.07, 6.45) is -4.55. The number of nitrogen functional groups attached to an aromatic ring is 1. The van der Waals surface area contributed by atoms with Crippen LogP contribution < -0.4 is 5.73 Å². The van der Waals surface area contributed by atoms with Gasteiger partial charge in [-0.2, -0.15) is 13.2 Å². The summed E-state index contributed by atoms with van der Waals surface area (Å²) in [5.74, 6) is -1.52. The Morgan fingerprint density at radius 3 is 2.18 bits per heavy atom. The third-order valence-corrected chi connectivity index (χ3v) is 1.68. The average Bonchev–Trinajstić information content (AvgIpc) is 2.11. The van der Waals surface area contributed by atoms with Gasteiger partial charge in [0.1, 0.15) is 4.47 Å². The van der Waals surface area contributed by atoms with Gasteiger partial charge in [0, 0.05) is 0 Å². The summed E-state index contributed by atoms with van der Waals surface area (Å²) in [6, 6.07) is 0. The molecule has 3 nitrogen and oxygen atoms in total. The Kier molecular flexibility index (Phi) is 1.83. The lowest BCUT2D eigenvalue weighted by molar-refractivity contribution is -0.156. The summed E-state index contributed by atoms with van der Waals surface area (Å²) in [5.41, 5.74) is 4.99. The maximum Gasteiger partial charge on any atom is 0.453 e. The molecule has 0 fully saturated rings. The first-order valence-corrected chi connectivity index (χ1v) is 3.20. The van der Waals surface area contributed by atoms with Gasteiger partial charge >= 0.3 is 6.18 Å². The van der Waals surface area contributed by atoms with Crippen molar-refractivity contribution < 1.29 is 17.7 Å². The van der Waals surface area contributed by atoms with Crippen LogP contribution in [0.2, 0.25) is 0 Å². The van der Waals surface area contributed by atoms with Crippen LogP contribution >= 0.6 is 15.9 Å². The van der Waals surface area contributed by atoms with Crippen LogP contribution in [-0.2, 0) is 6.18 Å². The van der Waals surface area contributed by atoms with E-state index in [4.69, 9.17) is 5.73 Å². The molecule has 0 atom stereocenters. The fraction of sp³-hybridized carbons (Fsp3) is 0.250. The Morgan fingerprint density at radius 1 is 1.45 bits per heavy atom. The molecule has 0 aliphatic heterocycles. The molecule has 0 unspecified atom stereocenters. The summed E-state index contributed by atoms with van der Waals surface area (Å²) in [4.78, 5) is 0. The third-order valence-electron chi connectivity index (χ3n) is 0.917. The monoisotopic (exact) mass is 230 g/mol. The second-order valence-electron chi connectivity index (χ2n) is 1.71. The van der Waals surface area contributed by atoms with Crippen molar-refractivity contribution in [2.45, 2.75) is 6.18 Å². The molecule has 0 amide bonds. The van der Waals surface area contributed by atoms with Crippen LogP contribution in [0.4, 0.5) is 19.0 Å². The van der Waals surface area contributed by atoms with E-state index in [-0.39, 0.29) is 10.3 Å². The molecule has 2 N–H and O–H groups in total. The first-order chi connectivity index (χ1) is 4.93. The number of halogens is 4. The van der Waals surface area contributed by atoms with Crippen LogP contribution in [-0.4, -0.2) is 5.16 Å². The summed E-state index contributed by atoms with van der Waals surface area (Å²) in [6.45, 7) is 0. The maximum absolute atomic E-state index is 11.8. The van der Waals surface area contributed by atoms with Gasteiger partial charge in [0.2, 0.25) is 0 Å². The number of aromatic nitrogens is 1. The lowest BCUT2D eigenvalue weighted by Gasteiger charge is -1.99. The molecule has 1 aromatic heterocycles. The van der Waals surface area contributed by atoms with Crippen molar-refractivity contribution in [2.75, 3.05) is 5.73 Å². The Morgan fingerprint density at radius 2 is 2.00 bits per heavy atom. The smallest absolute Gasteiger partial charge is 0.380 e. The lowest BCUT2D eigenvalue weighted by Crippen LogP contribution is -2.03. The highest BCUT2D eigenvalue weighted by atomic mass is 79.9. The normalized spacial score (nSPS) is 12.0. The van der Waals surface area contributed by atoms with Crippen LogP contribution in [0.25, 0.3) is 0 Å². The van der Waals surface area contributed by atoms with Crippen molar-refractivity contribution in [3.8, 4) is 0 Å². The standard InChI is InChI=1S/C4H2BrF3N2O/c5-1-2(4(6,7)8)11-10-3(1)9/h(H2,9,10). The van der Waals surface area contributed by atoms with E-state index in [1.165, 1.54) is 0 Å². The minimum absolute atomic E-state index is 0.308. The van der Waals surface area contributed by atoms with E-state index in [1.54, 1.807) is 0 Å². The summed E-state index contributed by atoms with van der Waals surface area (Å²) < 4.78 is 39.1. The molecule has 1 heterocycles. The summed E-state index contributed by atoms with van der Waals surface area (Å²) in [7, 11) is 0. The molecule has 11 heavy (non-hydrogen) atoms. The molecular formula is C4H2BrF3N2O. The molecule has 0 saturated heterocycles. The molecule has 1 aromatic rings. The Bertz CT molecular complexity index is 269. The minimum Gasteiger partial charge on any atom is -0.380 e. The molecule has 62 valence electrons. The number of anilines is 1. The number of rotatable bonds is 0. The summed E-state index contributed by atoms with van der Waals surface area (Å²) >= 11 is 2.58. The van der Waals surface area contributed by atoms with Gasteiger partial charge in [-0.05, 0) is 15.9 Å². The molecule has 0 bridgehead atoms. The summed E-state index contributed by atoms with van der Waals surface area (Å²) in [5, 5.41) is 2.92. The first kappa shape index (κ1) is 8.38. The fourth-order valence-corrected chi connectivity index (χ4v) is 0.837. The van der Waals surface area contributed by atoms with Gasteiger partial charge in [0.15, 0.2) is 5.82 Å². The van der Waals surface area contributed by atoms with E-state index < -0.39 is 11.9 Å². The Balaban J connectivity index is 3.15. The lowest BCUT2D eigenvalue weighted by atomic mass is 10.4. The second kappa shape index (κ2) is 2.40. The van der Waals surface area contributed by atoms with E-state index >= 15 is 0 Å².